The molecule has 2 aliphatic carbocycles. The molecule has 0 bridgehead atoms. The van der Waals surface area contributed by atoms with Crippen molar-refractivity contribution in [1.29, 1.82) is 0 Å². The van der Waals surface area contributed by atoms with Crippen LogP contribution in [-0.4, -0.2) is 35.4 Å². The summed E-state index contributed by atoms with van der Waals surface area (Å²) in [5, 5.41) is 12.6. The lowest BCUT2D eigenvalue weighted by atomic mass is 9.81. The maximum Gasteiger partial charge on any atom is 0.326 e. The first kappa shape index (κ1) is 14.8. The molecule has 0 saturated heterocycles. The Morgan fingerprint density at radius 2 is 1.84 bits per heavy atom. The fraction of sp³-hybridized carbons (Fsp3) is 0.933. The van der Waals surface area contributed by atoms with Gasteiger partial charge < -0.3 is 9.84 Å². The van der Waals surface area contributed by atoms with Crippen molar-refractivity contribution in [2.24, 2.45) is 11.8 Å². The molecule has 19 heavy (non-hydrogen) atoms. The zero-order valence-electron chi connectivity index (χ0n) is 12.3. The number of carboxylic acid groups (broad SMARTS) is 1. The van der Waals surface area contributed by atoms with Gasteiger partial charge in [0.05, 0.1) is 12.7 Å². The molecule has 0 spiro atoms. The van der Waals surface area contributed by atoms with Gasteiger partial charge in [-0.2, -0.15) is 0 Å². The zero-order valence-corrected chi connectivity index (χ0v) is 12.3. The summed E-state index contributed by atoms with van der Waals surface area (Å²) in [6.45, 7) is 6.52. The quantitative estimate of drug-likeness (QED) is 0.777. The SMILES string of the molecule is CC1CC(C)CC(OCC(C)(NC2CC2)C(=O)O)C1. The van der Waals surface area contributed by atoms with Gasteiger partial charge in [-0.3, -0.25) is 10.1 Å². The second-order valence-electron chi connectivity index (χ2n) is 6.91. The first-order valence-corrected chi connectivity index (χ1v) is 7.52. The topological polar surface area (TPSA) is 58.6 Å². The molecule has 2 N–H and O–H groups in total. The molecule has 0 aliphatic heterocycles. The molecule has 0 amide bonds. The maximum atomic E-state index is 11.4. The van der Waals surface area contributed by atoms with Gasteiger partial charge in [0.15, 0.2) is 0 Å². The Morgan fingerprint density at radius 1 is 1.26 bits per heavy atom. The summed E-state index contributed by atoms with van der Waals surface area (Å²) in [7, 11) is 0. The van der Waals surface area contributed by atoms with Crippen molar-refractivity contribution in [3.63, 3.8) is 0 Å². The zero-order chi connectivity index (χ0) is 14.0. The van der Waals surface area contributed by atoms with E-state index in [1.807, 2.05) is 0 Å². The molecule has 2 aliphatic rings. The van der Waals surface area contributed by atoms with E-state index in [0.29, 0.717) is 17.9 Å². The number of rotatable bonds is 6. The summed E-state index contributed by atoms with van der Waals surface area (Å²) in [4.78, 5) is 11.4. The molecule has 2 rings (SSSR count). The van der Waals surface area contributed by atoms with Crippen LogP contribution in [0.1, 0.15) is 52.9 Å². The number of ether oxygens (including phenoxy) is 1. The van der Waals surface area contributed by atoms with Crippen LogP contribution in [0.25, 0.3) is 0 Å². The molecule has 0 heterocycles. The van der Waals surface area contributed by atoms with E-state index in [0.717, 1.165) is 25.7 Å². The maximum absolute atomic E-state index is 11.4. The van der Waals surface area contributed by atoms with E-state index in [1.165, 1.54) is 6.42 Å². The van der Waals surface area contributed by atoms with Gasteiger partial charge in [0.25, 0.3) is 0 Å². The van der Waals surface area contributed by atoms with Gasteiger partial charge in [0.1, 0.15) is 5.54 Å². The Labute approximate surface area is 115 Å². The predicted octanol–water partition coefficient (Wildman–Crippen LogP) is 2.42. The van der Waals surface area contributed by atoms with E-state index in [1.54, 1.807) is 6.92 Å². The highest BCUT2D eigenvalue weighted by molar-refractivity contribution is 5.78. The molecule has 2 fully saturated rings. The van der Waals surface area contributed by atoms with Crippen LogP contribution in [-0.2, 0) is 9.53 Å². The van der Waals surface area contributed by atoms with Gasteiger partial charge in [-0.15, -0.1) is 0 Å². The average Bonchev–Trinajstić information content (AvgIpc) is 3.09. The van der Waals surface area contributed by atoms with Crippen LogP contribution in [0.5, 0.6) is 0 Å². The van der Waals surface area contributed by atoms with Crippen molar-refractivity contribution >= 4 is 5.97 Å². The lowest BCUT2D eigenvalue weighted by Crippen LogP contribution is -2.54. The Hall–Kier alpha value is -0.610. The van der Waals surface area contributed by atoms with Crippen LogP contribution < -0.4 is 5.32 Å². The van der Waals surface area contributed by atoms with Crippen molar-refractivity contribution in [2.45, 2.75) is 70.6 Å². The van der Waals surface area contributed by atoms with Gasteiger partial charge >= 0.3 is 5.97 Å². The number of carboxylic acids is 1. The van der Waals surface area contributed by atoms with Gasteiger partial charge in [0.2, 0.25) is 0 Å². The third kappa shape index (κ3) is 4.18. The summed E-state index contributed by atoms with van der Waals surface area (Å²) >= 11 is 0. The van der Waals surface area contributed by atoms with Gasteiger partial charge in [-0.1, -0.05) is 13.8 Å². The van der Waals surface area contributed by atoms with Crippen LogP contribution >= 0.6 is 0 Å². The number of carbonyl (C=O) groups is 1. The summed E-state index contributed by atoms with van der Waals surface area (Å²) in [6, 6.07) is 0.369. The summed E-state index contributed by atoms with van der Waals surface area (Å²) < 4.78 is 5.94. The van der Waals surface area contributed by atoms with Crippen molar-refractivity contribution < 1.29 is 14.6 Å². The lowest BCUT2D eigenvalue weighted by molar-refractivity contribution is -0.148. The summed E-state index contributed by atoms with van der Waals surface area (Å²) in [5.41, 5.74) is -0.939. The van der Waals surface area contributed by atoms with Crippen molar-refractivity contribution in [3.8, 4) is 0 Å². The monoisotopic (exact) mass is 269 g/mol. The van der Waals surface area contributed by atoms with E-state index in [9.17, 15) is 9.90 Å². The minimum absolute atomic E-state index is 0.221. The first-order chi connectivity index (χ1) is 8.89. The van der Waals surface area contributed by atoms with E-state index >= 15 is 0 Å². The number of hydrogen-bond donors (Lipinski definition) is 2. The van der Waals surface area contributed by atoms with Crippen LogP contribution in [0.4, 0.5) is 0 Å². The summed E-state index contributed by atoms with van der Waals surface area (Å²) in [5.74, 6) is 0.554. The van der Waals surface area contributed by atoms with E-state index < -0.39 is 11.5 Å². The van der Waals surface area contributed by atoms with E-state index in [4.69, 9.17) is 4.74 Å². The molecule has 0 aromatic rings. The molecular formula is C15H27NO3. The van der Waals surface area contributed by atoms with Crippen molar-refractivity contribution in [2.75, 3.05) is 6.61 Å². The second-order valence-corrected chi connectivity index (χ2v) is 6.91. The van der Waals surface area contributed by atoms with E-state index in [2.05, 4.69) is 19.2 Å². The minimum atomic E-state index is -0.939. The van der Waals surface area contributed by atoms with Crippen LogP contribution in [0.15, 0.2) is 0 Å². The minimum Gasteiger partial charge on any atom is -0.480 e. The molecule has 2 saturated carbocycles. The highest BCUT2D eigenvalue weighted by atomic mass is 16.5. The standard InChI is InChI=1S/C15H27NO3/c1-10-6-11(2)8-13(7-10)19-9-15(3,14(17)18)16-12-4-5-12/h10-13,16H,4-9H2,1-3H3,(H,17,18). The smallest absolute Gasteiger partial charge is 0.326 e. The number of aliphatic carboxylic acids is 1. The lowest BCUT2D eigenvalue weighted by Gasteiger charge is -2.34. The average molecular weight is 269 g/mol. The Balaban J connectivity index is 1.85. The largest absolute Gasteiger partial charge is 0.480 e. The van der Waals surface area contributed by atoms with Crippen molar-refractivity contribution in [3.05, 3.63) is 0 Å². The normalized spacial score (nSPS) is 34.8. The third-order valence-corrected chi connectivity index (χ3v) is 4.32. The number of hydrogen-bond acceptors (Lipinski definition) is 3. The molecule has 3 atom stereocenters. The molecule has 0 radical (unpaired) electrons. The van der Waals surface area contributed by atoms with Crippen LogP contribution in [0, 0.1) is 11.8 Å². The second kappa shape index (κ2) is 5.80. The van der Waals surface area contributed by atoms with Crippen molar-refractivity contribution in [1.82, 2.24) is 5.32 Å². The van der Waals surface area contributed by atoms with E-state index in [-0.39, 0.29) is 12.7 Å². The first-order valence-electron chi connectivity index (χ1n) is 7.52. The van der Waals surface area contributed by atoms with Crippen LogP contribution in [0.2, 0.25) is 0 Å². The Morgan fingerprint density at radius 3 is 2.32 bits per heavy atom. The molecular weight excluding hydrogens is 242 g/mol. The third-order valence-electron chi connectivity index (χ3n) is 4.32. The molecule has 110 valence electrons. The fourth-order valence-corrected chi connectivity index (χ4v) is 3.14. The molecule has 4 nitrogen and oxygen atoms in total. The number of nitrogens with one attached hydrogen (secondary N) is 1. The fourth-order valence-electron chi connectivity index (χ4n) is 3.14. The Kier molecular flexibility index (Phi) is 4.51. The Bertz CT molecular complexity index is 319. The molecule has 0 aromatic heterocycles. The van der Waals surface area contributed by atoms with Gasteiger partial charge in [-0.25, -0.2) is 0 Å². The molecule has 0 aromatic carbocycles. The predicted molar refractivity (Wildman–Crippen MR) is 74.1 cm³/mol. The highest BCUT2D eigenvalue weighted by Gasteiger charge is 2.39. The van der Waals surface area contributed by atoms with Gasteiger partial charge in [-0.05, 0) is 50.9 Å². The molecule has 3 unspecified atom stereocenters. The molecule has 4 heteroatoms. The highest BCUT2D eigenvalue weighted by Crippen LogP contribution is 2.31. The summed E-state index contributed by atoms with van der Waals surface area (Å²) in [6.07, 6.45) is 5.77. The van der Waals surface area contributed by atoms with Gasteiger partial charge in [0, 0.05) is 6.04 Å². The van der Waals surface area contributed by atoms with Crippen LogP contribution in [0.3, 0.4) is 0 Å².